The number of nitrogens with one attached hydrogen (secondary N) is 1. The highest BCUT2D eigenvalue weighted by atomic mass is 32.2. The minimum absolute atomic E-state index is 0.0809. The van der Waals surface area contributed by atoms with Crippen LogP contribution in [0.25, 0.3) is 0 Å². The second-order valence-corrected chi connectivity index (χ2v) is 7.32. The topological polar surface area (TPSA) is 50.8 Å². The van der Waals surface area contributed by atoms with Crippen LogP contribution in [0.4, 0.5) is 0 Å². The quantitative estimate of drug-likeness (QED) is 0.772. The van der Waals surface area contributed by atoms with Crippen molar-refractivity contribution in [3.8, 4) is 11.5 Å². The van der Waals surface area contributed by atoms with Crippen LogP contribution < -0.4 is 14.8 Å². The zero-order valence-electron chi connectivity index (χ0n) is 13.7. The maximum absolute atomic E-state index is 12.1. The first-order valence-electron chi connectivity index (χ1n) is 8.09. The van der Waals surface area contributed by atoms with E-state index < -0.39 is 0 Å². The summed E-state index contributed by atoms with van der Waals surface area (Å²) < 4.78 is 11.1. The Morgan fingerprint density at radius 1 is 1.30 bits per heavy atom. The molecule has 0 aromatic heterocycles. The fourth-order valence-electron chi connectivity index (χ4n) is 2.78. The zero-order valence-corrected chi connectivity index (χ0v) is 14.5. The molecule has 0 saturated heterocycles. The van der Waals surface area contributed by atoms with Crippen molar-refractivity contribution in [1.29, 1.82) is 0 Å². The van der Waals surface area contributed by atoms with E-state index in [0.717, 1.165) is 28.9 Å². The van der Waals surface area contributed by atoms with Gasteiger partial charge in [0.25, 0.3) is 0 Å². The van der Waals surface area contributed by atoms with Gasteiger partial charge in [0.05, 0.1) is 5.75 Å². The standard InChI is InChI=1S/C17H24N2O3S/c1-19(2)14(12-3-4-12)10-18-17(20)11-23-13-5-6-15-16(9-13)22-8-7-21-15/h5-6,9,12,14H,3-4,7-8,10-11H2,1-2H3,(H,18,20)/t14-/m0/s1. The number of fused-ring (bicyclic) bond motifs is 1. The Morgan fingerprint density at radius 2 is 2.04 bits per heavy atom. The molecule has 0 spiro atoms. The van der Waals surface area contributed by atoms with Crippen LogP contribution in [0.15, 0.2) is 23.1 Å². The van der Waals surface area contributed by atoms with Gasteiger partial charge in [0.15, 0.2) is 11.5 Å². The summed E-state index contributed by atoms with van der Waals surface area (Å²) in [6.45, 7) is 1.91. The number of ether oxygens (including phenoxy) is 2. The molecular weight excluding hydrogens is 312 g/mol. The van der Waals surface area contributed by atoms with Gasteiger partial charge in [0, 0.05) is 17.5 Å². The molecule has 1 fully saturated rings. The van der Waals surface area contributed by atoms with Gasteiger partial charge in [-0.25, -0.2) is 0 Å². The van der Waals surface area contributed by atoms with Crippen molar-refractivity contribution in [2.75, 3.05) is 39.6 Å². The SMILES string of the molecule is CN(C)[C@@H](CNC(=O)CSc1ccc2c(c1)OCCO2)C1CC1. The Bertz CT molecular complexity index is 559. The normalized spacial score (nSPS) is 17.9. The Kier molecular flexibility index (Phi) is 5.33. The minimum atomic E-state index is 0.0809. The highest BCUT2D eigenvalue weighted by Gasteiger charge is 2.32. The van der Waals surface area contributed by atoms with Crippen molar-refractivity contribution in [2.45, 2.75) is 23.8 Å². The molecule has 1 heterocycles. The van der Waals surface area contributed by atoms with E-state index in [-0.39, 0.29) is 5.91 Å². The third kappa shape index (κ3) is 4.54. The van der Waals surface area contributed by atoms with Crippen molar-refractivity contribution in [1.82, 2.24) is 10.2 Å². The van der Waals surface area contributed by atoms with E-state index in [4.69, 9.17) is 9.47 Å². The number of thioether (sulfide) groups is 1. The molecule has 1 amide bonds. The summed E-state index contributed by atoms with van der Waals surface area (Å²) in [5, 5.41) is 3.06. The summed E-state index contributed by atoms with van der Waals surface area (Å²) in [5.74, 6) is 2.80. The lowest BCUT2D eigenvalue weighted by molar-refractivity contribution is -0.118. The summed E-state index contributed by atoms with van der Waals surface area (Å²) >= 11 is 1.52. The van der Waals surface area contributed by atoms with E-state index >= 15 is 0 Å². The highest BCUT2D eigenvalue weighted by Crippen LogP contribution is 2.35. The smallest absolute Gasteiger partial charge is 0.230 e. The monoisotopic (exact) mass is 336 g/mol. The average Bonchev–Trinajstić information content (AvgIpc) is 3.37. The highest BCUT2D eigenvalue weighted by molar-refractivity contribution is 8.00. The predicted octanol–water partition coefficient (Wildman–Crippen LogP) is 2.01. The number of hydrogen-bond acceptors (Lipinski definition) is 5. The molecule has 0 radical (unpaired) electrons. The van der Waals surface area contributed by atoms with E-state index in [9.17, 15) is 4.79 Å². The van der Waals surface area contributed by atoms with E-state index in [2.05, 4.69) is 24.3 Å². The second-order valence-electron chi connectivity index (χ2n) is 6.27. The lowest BCUT2D eigenvalue weighted by Gasteiger charge is -2.24. The lowest BCUT2D eigenvalue weighted by Crippen LogP contribution is -2.42. The summed E-state index contributed by atoms with van der Waals surface area (Å²) in [4.78, 5) is 15.3. The molecule has 3 rings (SSSR count). The summed E-state index contributed by atoms with van der Waals surface area (Å²) in [6.07, 6.45) is 2.56. The van der Waals surface area contributed by atoms with Crippen molar-refractivity contribution in [3.63, 3.8) is 0 Å². The van der Waals surface area contributed by atoms with Crippen LogP contribution >= 0.6 is 11.8 Å². The van der Waals surface area contributed by atoms with Crippen molar-refractivity contribution >= 4 is 17.7 Å². The van der Waals surface area contributed by atoms with Gasteiger partial charge in [0.1, 0.15) is 13.2 Å². The maximum atomic E-state index is 12.1. The average molecular weight is 336 g/mol. The third-order valence-electron chi connectivity index (χ3n) is 4.22. The van der Waals surface area contributed by atoms with Crippen LogP contribution in [0, 0.1) is 5.92 Å². The third-order valence-corrected chi connectivity index (χ3v) is 5.22. The molecule has 1 saturated carbocycles. The first kappa shape index (κ1) is 16.5. The molecule has 1 N–H and O–H groups in total. The number of rotatable bonds is 7. The van der Waals surface area contributed by atoms with Gasteiger partial charge in [-0.2, -0.15) is 0 Å². The molecule has 1 aliphatic heterocycles. The summed E-state index contributed by atoms with van der Waals surface area (Å²) in [6, 6.07) is 6.28. The van der Waals surface area contributed by atoms with E-state index in [1.54, 1.807) is 0 Å². The maximum Gasteiger partial charge on any atom is 0.230 e. The molecule has 1 aromatic rings. The number of benzene rings is 1. The van der Waals surface area contributed by atoms with Crippen LogP contribution in [0.2, 0.25) is 0 Å². The Hall–Kier alpha value is -1.40. The van der Waals surface area contributed by atoms with E-state index in [1.165, 1.54) is 24.6 Å². The Labute approximate surface area is 141 Å². The van der Waals surface area contributed by atoms with Crippen molar-refractivity contribution in [2.24, 2.45) is 5.92 Å². The van der Waals surface area contributed by atoms with Gasteiger partial charge in [-0.3, -0.25) is 4.79 Å². The molecule has 126 valence electrons. The first-order chi connectivity index (χ1) is 11.1. The van der Waals surface area contributed by atoms with Gasteiger partial charge in [-0.05, 0) is 51.1 Å². The van der Waals surface area contributed by atoms with Crippen LogP contribution in [-0.2, 0) is 4.79 Å². The Balaban J connectivity index is 1.45. The summed E-state index contributed by atoms with van der Waals surface area (Å²) in [5.41, 5.74) is 0. The number of carbonyl (C=O) groups excluding carboxylic acids is 1. The number of hydrogen-bond donors (Lipinski definition) is 1. The minimum Gasteiger partial charge on any atom is -0.486 e. The predicted molar refractivity (Wildman–Crippen MR) is 91.4 cm³/mol. The number of amides is 1. The molecule has 0 bridgehead atoms. The second kappa shape index (κ2) is 7.45. The molecule has 0 unspecified atom stereocenters. The van der Waals surface area contributed by atoms with Gasteiger partial charge >= 0.3 is 0 Å². The number of nitrogens with zero attached hydrogens (tertiary/aromatic N) is 1. The van der Waals surface area contributed by atoms with E-state index in [1.807, 2.05) is 18.2 Å². The van der Waals surface area contributed by atoms with Gasteiger partial charge < -0.3 is 19.7 Å². The molecule has 1 atom stereocenters. The fraction of sp³-hybridized carbons (Fsp3) is 0.588. The van der Waals surface area contributed by atoms with Crippen LogP contribution in [0.1, 0.15) is 12.8 Å². The molecular formula is C17H24N2O3S. The van der Waals surface area contributed by atoms with Gasteiger partial charge in [0.2, 0.25) is 5.91 Å². The van der Waals surface area contributed by atoms with Crippen LogP contribution in [0.5, 0.6) is 11.5 Å². The molecule has 5 nitrogen and oxygen atoms in total. The lowest BCUT2D eigenvalue weighted by atomic mass is 10.1. The summed E-state index contributed by atoms with van der Waals surface area (Å²) in [7, 11) is 4.16. The molecule has 6 heteroatoms. The van der Waals surface area contributed by atoms with Crippen LogP contribution in [0.3, 0.4) is 0 Å². The number of likely N-dealkylation sites (N-methyl/N-ethyl adjacent to an activating group) is 1. The van der Waals surface area contributed by atoms with E-state index in [0.29, 0.717) is 25.0 Å². The largest absolute Gasteiger partial charge is 0.486 e. The Morgan fingerprint density at radius 3 is 2.74 bits per heavy atom. The number of carbonyl (C=O) groups is 1. The van der Waals surface area contributed by atoms with Crippen molar-refractivity contribution in [3.05, 3.63) is 18.2 Å². The van der Waals surface area contributed by atoms with Gasteiger partial charge in [-0.1, -0.05) is 0 Å². The van der Waals surface area contributed by atoms with Crippen LogP contribution in [-0.4, -0.2) is 56.5 Å². The molecule has 2 aliphatic rings. The first-order valence-corrected chi connectivity index (χ1v) is 9.07. The fourth-order valence-corrected chi connectivity index (χ4v) is 3.54. The molecule has 1 aliphatic carbocycles. The zero-order chi connectivity index (χ0) is 16.2. The molecule has 23 heavy (non-hydrogen) atoms. The van der Waals surface area contributed by atoms with Gasteiger partial charge in [-0.15, -0.1) is 11.8 Å². The molecule has 1 aromatic carbocycles. The van der Waals surface area contributed by atoms with Crippen molar-refractivity contribution < 1.29 is 14.3 Å².